The number of aromatic nitrogens is 3. The zero-order valence-electron chi connectivity index (χ0n) is 21.8. The van der Waals surface area contributed by atoms with E-state index in [2.05, 4.69) is 31.7 Å². The molecule has 2 heterocycles. The van der Waals surface area contributed by atoms with Crippen molar-refractivity contribution in [3.8, 4) is 11.5 Å². The number of anilines is 2. The number of hydrogen-bond acceptors (Lipinski definition) is 9. The maximum atomic E-state index is 12.4. The van der Waals surface area contributed by atoms with Gasteiger partial charge in [-0.3, -0.25) is 4.72 Å². The smallest absolute Gasteiger partial charge is 0.248 e. The maximum Gasteiger partial charge on any atom is 0.248 e. The number of sulfonamides is 1. The van der Waals surface area contributed by atoms with E-state index in [4.69, 9.17) is 14.9 Å². The van der Waals surface area contributed by atoms with Gasteiger partial charge in [-0.15, -0.1) is 10.2 Å². The monoisotopic (exact) mass is 528 g/mol. The lowest BCUT2D eigenvalue weighted by Crippen LogP contribution is -2.31. The molecule has 0 radical (unpaired) electrons. The van der Waals surface area contributed by atoms with Crippen LogP contribution in [0.5, 0.6) is 0 Å². The van der Waals surface area contributed by atoms with Gasteiger partial charge in [0.15, 0.2) is 0 Å². The minimum absolute atomic E-state index is 0.0686. The lowest BCUT2D eigenvalue weighted by Gasteiger charge is -2.24. The average molecular weight is 529 g/mol. The lowest BCUT2D eigenvalue weighted by atomic mass is 9.95. The SMILES string of the molecule is CCS(=O)(=O)Nc1cc(-c2nnc(C(C)C(N)c3ccccc3)o2)cc(N(CCOC)CC2CC2C)n1. The first-order valence-corrected chi connectivity index (χ1v) is 14.3. The number of nitrogens with one attached hydrogen (secondary N) is 1. The molecule has 37 heavy (non-hydrogen) atoms. The third-order valence-corrected chi connectivity index (χ3v) is 8.15. The van der Waals surface area contributed by atoms with Gasteiger partial charge in [0, 0.05) is 31.8 Å². The molecule has 1 aliphatic carbocycles. The quantitative estimate of drug-likeness (QED) is 0.339. The van der Waals surface area contributed by atoms with Crippen LogP contribution in [-0.2, 0) is 14.8 Å². The van der Waals surface area contributed by atoms with Crippen LogP contribution in [0.1, 0.15) is 50.6 Å². The molecule has 4 unspecified atom stereocenters. The molecule has 0 amide bonds. The summed E-state index contributed by atoms with van der Waals surface area (Å²) < 4.78 is 38.7. The first kappa shape index (κ1) is 27.0. The van der Waals surface area contributed by atoms with Crippen LogP contribution in [0.15, 0.2) is 46.9 Å². The molecule has 3 aromatic rings. The molecular formula is C26H36N6O4S. The standard InChI is InChI=1S/C26H36N6O4S/c1-5-37(33,34)31-22-14-20(15-23(28-22)32(11-12-35-4)16-21-13-17(21)2)26-30-29-25(36-26)18(3)24(27)19-9-7-6-8-10-19/h6-10,14-15,17-18,21,24H,5,11-13,16,27H2,1-4H3,(H,28,31). The van der Waals surface area contributed by atoms with Crippen LogP contribution < -0.4 is 15.4 Å². The second-order valence-corrected chi connectivity index (χ2v) is 11.7. The Hall–Kier alpha value is -3.02. The van der Waals surface area contributed by atoms with E-state index in [1.54, 1.807) is 20.1 Å². The van der Waals surface area contributed by atoms with Crippen molar-refractivity contribution in [2.24, 2.45) is 17.6 Å². The van der Waals surface area contributed by atoms with Gasteiger partial charge >= 0.3 is 0 Å². The summed E-state index contributed by atoms with van der Waals surface area (Å²) in [6.45, 7) is 7.69. The molecule has 1 aliphatic rings. The van der Waals surface area contributed by atoms with E-state index in [-0.39, 0.29) is 29.4 Å². The van der Waals surface area contributed by atoms with E-state index in [0.717, 1.165) is 18.5 Å². The molecule has 1 saturated carbocycles. The number of pyridine rings is 1. The summed E-state index contributed by atoms with van der Waals surface area (Å²) in [5.74, 6) is 2.43. The molecule has 4 atom stereocenters. The topological polar surface area (TPSA) is 136 Å². The van der Waals surface area contributed by atoms with Crippen LogP contribution in [0.3, 0.4) is 0 Å². The number of benzene rings is 1. The van der Waals surface area contributed by atoms with E-state index in [1.165, 1.54) is 0 Å². The second kappa shape index (κ2) is 11.6. The van der Waals surface area contributed by atoms with Crippen LogP contribution in [0.4, 0.5) is 11.6 Å². The van der Waals surface area contributed by atoms with E-state index >= 15 is 0 Å². The average Bonchev–Trinajstić information content (AvgIpc) is 3.37. The van der Waals surface area contributed by atoms with Crippen LogP contribution in [0.2, 0.25) is 0 Å². The number of nitrogens with two attached hydrogens (primary N) is 1. The fourth-order valence-corrected chi connectivity index (χ4v) is 4.74. The molecule has 4 rings (SSSR count). The minimum Gasteiger partial charge on any atom is -0.420 e. The molecule has 0 aliphatic heterocycles. The number of nitrogens with zero attached hydrogens (tertiary/aromatic N) is 4. The number of rotatable bonds is 13. The van der Waals surface area contributed by atoms with Gasteiger partial charge in [0.05, 0.1) is 18.3 Å². The van der Waals surface area contributed by atoms with Crippen molar-refractivity contribution < 1.29 is 17.6 Å². The van der Waals surface area contributed by atoms with Gasteiger partial charge in [-0.1, -0.05) is 44.2 Å². The zero-order valence-corrected chi connectivity index (χ0v) is 22.6. The van der Waals surface area contributed by atoms with Crippen molar-refractivity contribution in [1.82, 2.24) is 15.2 Å². The number of hydrogen-bond donors (Lipinski definition) is 2. The Morgan fingerprint density at radius 1 is 1.24 bits per heavy atom. The summed E-state index contributed by atoms with van der Waals surface area (Å²) in [6.07, 6.45) is 1.16. The number of ether oxygens (including phenoxy) is 1. The van der Waals surface area contributed by atoms with Crippen molar-refractivity contribution >= 4 is 21.7 Å². The van der Waals surface area contributed by atoms with Gasteiger partial charge < -0.3 is 19.8 Å². The van der Waals surface area contributed by atoms with Crippen LogP contribution in [-0.4, -0.2) is 56.2 Å². The summed E-state index contributed by atoms with van der Waals surface area (Å²) in [6, 6.07) is 12.9. The first-order chi connectivity index (χ1) is 17.7. The molecule has 0 spiro atoms. The third-order valence-electron chi connectivity index (χ3n) is 6.87. The molecule has 1 fully saturated rings. The Morgan fingerprint density at radius 2 is 1.97 bits per heavy atom. The van der Waals surface area contributed by atoms with Crippen molar-refractivity contribution in [2.75, 3.05) is 42.2 Å². The molecule has 2 aromatic heterocycles. The molecule has 200 valence electrons. The van der Waals surface area contributed by atoms with Gasteiger partial charge in [0.25, 0.3) is 0 Å². The molecule has 10 nitrogen and oxygen atoms in total. The van der Waals surface area contributed by atoms with Crippen LogP contribution >= 0.6 is 0 Å². The number of methoxy groups -OCH3 is 1. The van der Waals surface area contributed by atoms with Crippen molar-refractivity contribution in [1.29, 1.82) is 0 Å². The Morgan fingerprint density at radius 3 is 2.62 bits per heavy atom. The third kappa shape index (κ3) is 6.85. The Balaban J connectivity index is 1.67. The molecule has 11 heteroatoms. The van der Waals surface area contributed by atoms with Gasteiger partial charge in [-0.05, 0) is 42.9 Å². The predicted octanol–water partition coefficient (Wildman–Crippen LogP) is 3.81. The summed E-state index contributed by atoms with van der Waals surface area (Å²) in [5, 5.41) is 8.53. The molecule has 0 bridgehead atoms. The van der Waals surface area contributed by atoms with Gasteiger partial charge in [0.1, 0.15) is 11.6 Å². The fraction of sp³-hybridized carbons (Fsp3) is 0.500. The molecule has 1 aromatic carbocycles. The molecular weight excluding hydrogens is 492 g/mol. The van der Waals surface area contributed by atoms with Crippen molar-refractivity contribution in [2.45, 2.75) is 39.2 Å². The highest BCUT2D eigenvalue weighted by Gasteiger charge is 2.34. The van der Waals surface area contributed by atoms with Crippen LogP contribution in [0.25, 0.3) is 11.5 Å². The molecule has 0 saturated heterocycles. The summed E-state index contributed by atoms with van der Waals surface area (Å²) in [7, 11) is -1.88. The lowest BCUT2D eigenvalue weighted by molar-refractivity contribution is 0.204. The summed E-state index contributed by atoms with van der Waals surface area (Å²) >= 11 is 0. The van der Waals surface area contributed by atoms with E-state index in [9.17, 15) is 8.42 Å². The Bertz CT molecular complexity index is 1280. The Kier molecular flexibility index (Phi) is 8.46. The summed E-state index contributed by atoms with van der Waals surface area (Å²) in [4.78, 5) is 6.75. The fourth-order valence-electron chi connectivity index (χ4n) is 4.18. The van der Waals surface area contributed by atoms with Gasteiger partial charge in [-0.25, -0.2) is 13.4 Å². The highest BCUT2D eigenvalue weighted by Crippen LogP contribution is 2.39. The molecule has 3 N–H and O–H groups in total. The maximum absolute atomic E-state index is 12.4. The zero-order chi connectivity index (χ0) is 26.6. The van der Waals surface area contributed by atoms with Crippen molar-refractivity contribution in [3.05, 3.63) is 53.9 Å². The van der Waals surface area contributed by atoms with E-state index in [1.807, 2.05) is 43.3 Å². The highest BCUT2D eigenvalue weighted by atomic mass is 32.2. The second-order valence-electron chi connectivity index (χ2n) is 9.69. The summed E-state index contributed by atoms with van der Waals surface area (Å²) in [5.41, 5.74) is 8.01. The normalized spacial score (nSPS) is 18.8. The highest BCUT2D eigenvalue weighted by molar-refractivity contribution is 7.92. The Labute approximate surface area is 218 Å². The van der Waals surface area contributed by atoms with Crippen LogP contribution in [0, 0.1) is 11.8 Å². The van der Waals surface area contributed by atoms with E-state index < -0.39 is 10.0 Å². The van der Waals surface area contributed by atoms with E-state index in [0.29, 0.717) is 42.3 Å². The van der Waals surface area contributed by atoms with Gasteiger partial charge in [0.2, 0.25) is 21.8 Å². The predicted molar refractivity (Wildman–Crippen MR) is 144 cm³/mol. The van der Waals surface area contributed by atoms with Crippen molar-refractivity contribution in [3.63, 3.8) is 0 Å². The van der Waals surface area contributed by atoms with Gasteiger partial charge in [-0.2, -0.15) is 0 Å². The first-order valence-electron chi connectivity index (χ1n) is 12.6. The minimum atomic E-state index is -3.54. The largest absolute Gasteiger partial charge is 0.420 e.